The van der Waals surface area contributed by atoms with Gasteiger partial charge in [-0.2, -0.15) is 0 Å². The smallest absolute Gasteiger partial charge is 0.126 e. The molecule has 22 heavy (non-hydrogen) atoms. The van der Waals surface area contributed by atoms with Crippen LogP contribution in [0, 0.1) is 5.82 Å². The van der Waals surface area contributed by atoms with Crippen LogP contribution in [0.2, 0.25) is 0 Å². The molecule has 0 heterocycles. The Balaban J connectivity index is 2.39. The van der Waals surface area contributed by atoms with Gasteiger partial charge in [-0.05, 0) is 62.3 Å². The molecule has 0 saturated carbocycles. The Kier molecular flexibility index (Phi) is 8.65. The first kappa shape index (κ1) is 18.0. The van der Waals surface area contributed by atoms with Crippen molar-refractivity contribution in [2.75, 3.05) is 6.67 Å². The third-order valence-electron chi connectivity index (χ3n) is 2.85. The summed E-state index contributed by atoms with van der Waals surface area (Å²) in [4.78, 5) is 0. The summed E-state index contributed by atoms with van der Waals surface area (Å²) >= 11 is 0. The van der Waals surface area contributed by atoms with E-state index in [1.54, 1.807) is 18.4 Å². The van der Waals surface area contributed by atoms with E-state index >= 15 is 0 Å². The van der Waals surface area contributed by atoms with Crippen LogP contribution in [0.25, 0.3) is 0 Å². The summed E-state index contributed by atoms with van der Waals surface area (Å²) in [6.45, 7) is 3.54. The van der Waals surface area contributed by atoms with E-state index in [1.165, 1.54) is 18.2 Å². The van der Waals surface area contributed by atoms with Gasteiger partial charge < -0.3 is 10.1 Å². The lowest BCUT2D eigenvalue weighted by Gasteiger charge is -2.14. The van der Waals surface area contributed by atoms with Crippen molar-refractivity contribution in [3.8, 4) is 5.75 Å². The maximum absolute atomic E-state index is 12.7. The zero-order valence-electron chi connectivity index (χ0n) is 13.1. The van der Waals surface area contributed by atoms with Crippen molar-refractivity contribution in [3.05, 3.63) is 66.3 Å². The third kappa shape index (κ3) is 7.62. The van der Waals surface area contributed by atoms with Crippen LogP contribution < -0.4 is 10.1 Å². The number of nitrogens with one attached hydrogen (secondary N) is 1. The summed E-state index contributed by atoms with van der Waals surface area (Å²) < 4.78 is 30.5. The molecule has 120 valence electrons. The molecule has 1 rings (SSSR count). The molecule has 0 bridgehead atoms. The van der Waals surface area contributed by atoms with Crippen LogP contribution in [0.1, 0.15) is 26.7 Å². The number of alkyl halides is 1. The number of rotatable bonds is 9. The van der Waals surface area contributed by atoms with Gasteiger partial charge in [-0.3, -0.25) is 0 Å². The maximum Gasteiger partial charge on any atom is 0.126 e. The van der Waals surface area contributed by atoms with Crippen molar-refractivity contribution in [1.29, 1.82) is 0 Å². The molecule has 1 aromatic carbocycles. The molecule has 2 nitrogen and oxygen atoms in total. The van der Waals surface area contributed by atoms with Crippen LogP contribution in [0.15, 0.2) is 60.5 Å². The Bertz CT molecular complexity index is 506. The van der Waals surface area contributed by atoms with E-state index in [1.807, 2.05) is 32.1 Å². The zero-order valence-corrected chi connectivity index (χ0v) is 13.1. The van der Waals surface area contributed by atoms with E-state index in [4.69, 9.17) is 4.74 Å². The first-order chi connectivity index (χ1) is 10.7. The number of hydrogen-bond donors (Lipinski definition) is 1. The summed E-state index contributed by atoms with van der Waals surface area (Å²) in [6, 6.07) is 5.98. The summed E-state index contributed by atoms with van der Waals surface area (Å²) in [5.41, 5.74) is 0.782. The fraction of sp³-hybridized carbons (Fsp3) is 0.333. The fourth-order valence-corrected chi connectivity index (χ4v) is 1.75. The minimum absolute atomic E-state index is 0.146. The zero-order chi connectivity index (χ0) is 16.2. The van der Waals surface area contributed by atoms with Gasteiger partial charge in [-0.1, -0.05) is 13.0 Å². The second kappa shape index (κ2) is 10.6. The van der Waals surface area contributed by atoms with Crippen molar-refractivity contribution in [3.63, 3.8) is 0 Å². The molecule has 1 aromatic rings. The van der Waals surface area contributed by atoms with Gasteiger partial charge in [0, 0.05) is 11.7 Å². The minimum atomic E-state index is -0.493. The molecule has 0 aliphatic carbocycles. The maximum atomic E-state index is 12.7. The molecule has 0 fully saturated rings. The number of halogens is 2. The van der Waals surface area contributed by atoms with Gasteiger partial charge in [0.2, 0.25) is 0 Å². The minimum Gasteiger partial charge on any atom is -0.465 e. The first-order valence-electron chi connectivity index (χ1n) is 7.42. The van der Waals surface area contributed by atoms with Crippen LogP contribution in [0.3, 0.4) is 0 Å². The molecule has 1 unspecified atom stereocenters. The van der Waals surface area contributed by atoms with Crippen molar-refractivity contribution in [1.82, 2.24) is 5.32 Å². The molecule has 0 aliphatic rings. The fourth-order valence-electron chi connectivity index (χ4n) is 1.75. The predicted octanol–water partition coefficient (Wildman–Crippen LogP) is 4.91. The Morgan fingerprint density at radius 3 is 2.64 bits per heavy atom. The van der Waals surface area contributed by atoms with Crippen molar-refractivity contribution < 1.29 is 13.5 Å². The molecule has 4 heteroatoms. The highest BCUT2D eigenvalue weighted by Crippen LogP contribution is 2.11. The number of benzene rings is 1. The van der Waals surface area contributed by atoms with Gasteiger partial charge >= 0.3 is 0 Å². The van der Waals surface area contributed by atoms with Crippen molar-refractivity contribution in [2.45, 2.75) is 32.7 Å². The number of allylic oxidation sites excluding steroid dienone is 3. The molecule has 1 N–H and O–H groups in total. The monoisotopic (exact) mass is 307 g/mol. The highest BCUT2D eigenvalue weighted by Gasteiger charge is 2.00. The second-order valence-corrected chi connectivity index (χ2v) is 4.85. The first-order valence-corrected chi connectivity index (χ1v) is 7.42. The second-order valence-electron chi connectivity index (χ2n) is 4.85. The lowest BCUT2D eigenvalue weighted by Crippen LogP contribution is -2.24. The van der Waals surface area contributed by atoms with Crippen LogP contribution in [-0.4, -0.2) is 12.7 Å². The standard InChI is InChI=1S/C18H23F2NO/c1-3-4-7-17(12-13-19)21-15(2)6-5-14-22-18-10-8-16(20)9-11-18/h4-5,7-12,14-15,21H,3,6,13H2,1-2H3/b7-4-,14-5+,17-12+. The summed E-state index contributed by atoms with van der Waals surface area (Å²) in [5.74, 6) is 0.295. The van der Waals surface area contributed by atoms with E-state index < -0.39 is 6.67 Å². The third-order valence-corrected chi connectivity index (χ3v) is 2.85. The molecular weight excluding hydrogens is 284 g/mol. The molecule has 0 radical (unpaired) electrons. The molecule has 0 spiro atoms. The summed E-state index contributed by atoms with van der Waals surface area (Å²) in [6.07, 6.45) is 10.5. The average Bonchev–Trinajstić information content (AvgIpc) is 2.51. The van der Waals surface area contributed by atoms with E-state index in [0.717, 1.165) is 18.5 Å². The molecule has 0 amide bonds. The molecule has 0 saturated heterocycles. The van der Waals surface area contributed by atoms with Gasteiger partial charge in [0.25, 0.3) is 0 Å². The van der Waals surface area contributed by atoms with Crippen LogP contribution >= 0.6 is 0 Å². The number of ether oxygens (including phenoxy) is 1. The van der Waals surface area contributed by atoms with E-state index in [0.29, 0.717) is 5.75 Å². The SMILES string of the molecule is CC/C=C\C(=C/CF)NC(C)C/C=C/Oc1ccc(F)cc1. The molecule has 0 aromatic heterocycles. The average molecular weight is 307 g/mol. The molecule has 1 atom stereocenters. The predicted molar refractivity (Wildman–Crippen MR) is 86.9 cm³/mol. The van der Waals surface area contributed by atoms with E-state index in [-0.39, 0.29) is 11.9 Å². The Morgan fingerprint density at radius 1 is 1.27 bits per heavy atom. The normalized spacial score (nSPS) is 13.7. The van der Waals surface area contributed by atoms with Crippen molar-refractivity contribution >= 4 is 0 Å². The Labute approximate surface area is 131 Å². The van der Waals surface area contributed by atoms with E-state index in [9.17, 15) is 8.78 Å². The van der Waals surface area contributed by atoms with Gasteiger partial charge in [0.15, 0.2) is 0 Å². The Hall–Kier alpha value is -2.10. The summed E-state index contributed by atoms with van der Waals surface area (Å²) in [5, 5.41) is 3.24. The molecule has 0 aliphatic heterocycles. The lowest BCUT2D eigenvalue weighted by molar-refractivity contribution is 0.474. The van der Waals surface area contributed by atoms with Gasteiger partial charge in [-0.25, -0.2) is 8.78 Å². The lowest BCUT2D eigenvalue weighted by atomic mass is 10.2. The molecular formula is C18H23F2NO. The summed E-state index contributed by atoms with van der Waals surface area (Å²) in [7, 11) is 0. The number of hydrogen-bond acceptors (Lipinski definition) is 2. The highest BCUT2D eigenvalue weighted by molar-refractivity contribution is 5.23. The van der Waals surface area contributed by atoms with Gasteiger partial charge in [0.05, 0.1) is 6.26 Å². The largest absolute Gasteiger partial charge is 0.465 e. The van der Waals surface area contributed by atoms with Crippen LogP contribution in [0.5, 0.6) is 5.75 Å². The van der Waals surface area contributed by atoms with Gasteiger partial charge in [0.1, 0.15) is 18.2 Å². The quantitative estimate of drug-likeness (QED) is 0.517. The Morgan fingerprint density at radius 2 is 2.00 bits per heavy atom. The van der Waals surface area contributed by atoms with Crippen LogP contribution in [0.4, 0.5) is 8.78 Å². The topological polar surface area (TPSA) is 21.3 Å². The van der Waals surface area contributed by atoms with Crippen LogP contribution in [-0.2, 0) is 0 Å². The van der Waals surface area contributed by atoms with E-state index in [2.05, 4.69) is 5.32 Å². The highest BCUT2D eigenvalue weighted by atomic mass is 19.1. The van der Waals surface area contributed by atoms with Crippen molar-refractivity contribution in [2.24, 2.45) is 0 Å². The van der Waals surface area contributed by atoms with Gasteiger partial charge in [-0.15, -0.1) is 0 Å².